The summed E-state index contributed by atoms with van der Waals surface area (Å²) in [4.78, 5) is 0. The highest BCUT2D eigenvalue weighted by Gasteiger charge is 2.38. The fourth-order valence-corrected chi connectivity index (χ4v) is 2.97. The zero-order chi connectivity index (χ0) is 7.14. The predicted molar refractivity (Wildman–Crippen MR) is 42.6 cm³/mol. The zero-order valence-electron chi connectivity index (χ0n) is 6.72. The van der Waals surface area contributed by atoms with Crippen LogP contribution in [0.2, 0.25) is 0 Å². The molecule has 1 heteroatoms. The van der Waals surface area contributed by atoms with Crippen LogP contribution < -0.4 is 5.73 Å². The first kappa shape index (κ1) is 6.66. The summed E-state index contributed by atoms with van der Waals surface area (Å²) in [5.74, 6) is 3.00. The van der Waals surface area contributed by atoms with E-state index in [4.69, 9.17) is 5.73 Å². The first-order chi connectivity index (χ1) is 4.75. The first-order valence-corrected chi connectivity index (χ1v) is 4.51. The zero-order valence-corrected chi connectivity index (χ0v) is 6.72. The molecule has 2 unspecified atom stereocenters. The van der Waals surface area contributed by atoms with Crippen LogP contribution in [0, 0.1) is 17.8 Å². The highest BCUT2D eigenvalue weighted by molar-refractivity contribution is 4.91. The van der Waals surface area contributed by atoms with Crippen LogP contribution in [0.5, 0.6) is 0 Å². The quantitative estimate of drug-likeness (QED) is 0.544. The average molecular weight is 139 g/mol. The van der Waals surface area contributed by atoms with Crippen molar-refractivity contribution in [2.24, 2.45) is 23.5 Å². The van der Waals surface area contributed by atoms with Gasteiger partial charge in [-0.1, -0.05) is 6.92 Å². The van der Waals surface area contributed by atoms with Gasteiger partial charge in [-0.2, -0.15) is 0 Å². The van der Waals surface area contributed by atoms with Gasteiger partial charge < -0.3 is 5.73 Å². The minimum absolute atomic E-state index is 0.544. The minimum atomic E-state index is 0.544. The number of fused-ring (bicyclic) bond motifs is 1. The van der Waals surface area contributed by atoms with Gasteiger partial charge in [-0.3, -0.25) is 0 Å². The van der Waals surface area contributed by atoms with Gasteiger partial charge in [0.15, 0.2) is 0 Å². The van der Waals surface area contributed by atoms with Gasteiger partial charge in [0.1, 0.15) is 0 Å². The maximum atomic E-state index is 5.87. The maximum absolute atomic E-state index is 5.87. The number of hydrogen-bond donors (Lipinski definition) is 1. The summed E-state index contributed by atoms with van der Waals surface area (Å²) in [5.41, 5.74) is 5.87. The molecule has 0 aromatic rings. The lowest BCUT2D eigenvalue weighted by Gasteiger charge is -2.05. The molecule has 0 bridgehead atoms. The van der Waals surface area contributed by atoms with E-state index < -0.39 is 0 Å². The molecule has 0 aromatic heterocycles. The van der Waals surface area contributed by atoms with Crippen LogP contribution in [0.3, 0.4) is 0 Å². The third-order valence-electron chi connectivity index (χ3n) is 3.29. The molecule has 58 valence electrons. The van der Waals surface area contributed by atoms with E-state index in [-0.39, 0.29) is 0 Å². The van der Waals surface area contributed by atoms with E-state index in [0.717, 1.165) is 17.8 Å². The Morgan fingerprint density at radius 2 is 1.50 bits per heavy atom. The summed E-state index contributed by atoms with van der Waals surface area (Å²) < 4.78 is 0. The monoisotopic (exact) mass is 139 g/mol. The van der Waals surface area contributed by atoms with Gasteiger partial charge in [-0.25, -0.2) is 0 Å². The Morgan fingerprint density at radius 1 is 1.00 bits per heavy atom. The summed E-state index contributed by atoms with van der Waals surface area (Å²) >= 11 is 0. The Balaban J connectivity index is 2.00. The van der Waals surface area contributed by atoms with Crippen molar-refractivity contribution in [3.05, 3.63) is 0 Å². The molecule has 2 fully saturated rings. The molecule has 0 radical (unpaired) electrons. The van der Waals surface area contributed by atoms with Gasteiger partial charge >= 0.3 is 0 Å². The molecule has 0 heterocycles. The maximum Gasteiger partial charge on any atom is 0.00443 e. The van der Waals surface area contributed by atoms with Gasteiger partial charge in [-0.05, 0) is 43.4 Å². The van der Waals surface area contributed by atoms with Crippen molar-refractivity contribution < 1.29 is 0 Å². The lowest BCUT2D eigenvalue weighted by Crippen LogP contribution is -2.16. The van der Waals surface area contributed by atoms with Crippen molar-refractivity contribution in [3.8, 4) is 0 Å². The Bertz CT molecular complexity index is 105. The van der Waals surface area contributed by atoms with E-state index in [1.165, 1.54) is 25.7 Å². The van der Waals surface area contributed by atoms with Crippen LogP contribution in [0.25, 0.3) is 0 Å². The highest BCUT2D eigenvalue weighted by atomic mass is 14.7. The third-order valence-corrected chi connectivity index (χ3v) is 3.29. The Kier molecular flexibility index (Phi) is 1.48. The van der Waals surface area contributed by atoms with Crippen LogP contribution in [-0.2, 0) is 0 Å². The third kappa shape index (κ3) is 0.968. The van der Waals surface area contributed by atoms with E-state index in [0.29, 0.717) is 6.04 Å². The molecule has 10 heavy (non-hydrogen) atoms. The summed E-state index contributed by atoms with van der Waals surface area (Å²) in [6.07, 6.45) is 5.54. The molecule has 0 amide bonds. The van der Waals surface area contributed by atoms with Crippen LogP contribution in [0.4, 0.5) is 0 Å². The van der Waals surface area contributed by atoms with Crippen molar-refractivity contribution in [1.82, 2.24) is 0 Å². The highest BCUT2D eigenvalue weighted by Crippen LogP contribution is 2.45. The molecule has 0 spiro atoms. The predicted octanol–water partition coefficient (Wildman–Crippen LogP) is 1.77. The number of hydrogen-bond acceptors (Lipinski definition) is 1. The van der Waals surface area contributed by atoms with Gasteiger partial charge in [0.05, 0.1) is 0 Å². The molecule has 2 aliphatic carbocycles. The standard InChI is InChI=1S/C9H17N/c1-6-2-7-4-9(10)5-8(7)3-6/h6-9H,2-5,10H2,1H3. The van der Waals surface area contributed by atoms with Crippen molar-refractivity contribution >= 4 is 0 Å². The SMILES string of the molecule is CC1CC2CC(N)CC2C1. The van der Waals surface area contributed by atoms with Gasteiger partial charge in [0.25, 0.3) is 0 Å². The van der Waals surface area contributed by atoms with E-state index >= 15 is 0 Å². The minimum Gasteiger partial charge on any atom is -0.328 e. The van der Waals surface area contributed by atoms with E-state index in [1.54, 1.807) is 0 Å². The molecule has 2 atom stereocenters. The molecule has 1 nitrogen and oxygen atoms in total. The molecule has 2 rings (SSSR count). The normalized spacial score (nSPS) is 53.4. The summed E-state index contributed by atoms with van der Waals surface area (Å²) in [5, 5.41) is 0. The number of nitrogens with two attached hydrogens (primary N) is 1. The molecule has 0 saturated heterocycles. The molecule has 2 N–H and O–H groups in total. The topological polar surface area (TPSA) is 26.0 Å². The van der Waals surface area contributed by atoms with Crippen molar-refractivity contribution in [1.29, 1.82) is 0 Å². The Hall–Kier alpha value is -0.0400. The van der Waals surface area contributed by atoms with Crippen molar-refractivity contribution in [3.63, 3.8) is 0 Å². The van der Waals surface area contributed by atoms with Gasteiger partial charge in [0.2, 0.25) is 0 Å². The Morgan fingerprint density at radius 3 is 2.00 bits per heavy atom. The lowest BCUT2D eigenvalue weighted by molar-refractivity contribution is 0.457. The summed E-state index contributed by atoms with van der Waals surface area (Å²) in [6.45, 7) is 2.38. The van der Waals surface area contributed by atoms with Crippen molar-refractivity contribution in [2.75, 3.05) is 0 Å². The van der Waals surface area contributed by atoms with Crippen LogP contribution in [0.1, 0.15) is 32.6 Å². The fourth-order valence-electron chi connectivity index (χ4n) is 2.97. The largest absolute Gasteiger partial charge is 0.328 e. The van der Waals surface area contributed by atoms with E-state index in [2.05, 4.69) is 6.92 Å². The molecule has 0 aromatic carbocycles. The smallest absolute Gasteiger partial charge is 0.00443 e. The second kappa shape index (κ2) is 2.23. The van der Waals surface area contributed by atoms with Crippen LogP contribution >= 0.6 is 0 Å². The second-order valence-corrected chi connectivity index (χ2v) is 4.33. The molecule has 2 aliphatic rings. The van der Waals surface area contributed by atoms with E-state index in [1.807, 2.05) is 0 Å². The van der Waals surface area contributed by atoms with Gasteiger partial charge in [-0.15, -0.1) is 0 Å². The lowest BCUT2D eigenvalue weighted by atomic mass is 10.0. The van der Waals surface area contributed by atoms with Gasteiger partial charge in [0, 0.05) is 6.04 Å². The fraction of sp³-hybridized carbons (Fsp3) is 1.00. The molecule has 0 aliphatic heterocycles. The number of rotatable bonds is 0. The summed E-state index contributed by atoms with van der Waals surface area (Å²) in [6, 6.07) is 0.544. The summed E-state index contributed by atoms with van der Waals surface area (Å²) in [7, 11) is 0. The van der Waals surface area contributed by atoms with Crippen LogP contribution in [0.15, 0.2) is 0 Å². The second-order valence-electron chi connectivity index (χ2n) is 4.33. The molecular formula is C9H17N. The Labute approximate surface area is 63.0 Å². The molecular weight excluding hydrogens is 122 g/mol. The van der Waals surface area contributed by atoms with Crippen LogP contribution in [-0.4, -0.2) is 6.04 Å². The first-order valence-electron chi connectivity index (χ1n) is 4.51. The van der Waals surface area contributed by atoms with E-state index in [9.17, 15) is 0 Å². The molecule has 2 saturated carbocycles. The van der Waals surface area contributed by atoms with Crippen molar-refractivity contribution in [2.45, 2.75) is 38.6 Å². The average Bonchev–Trinajstić information content (AvgIpc) is 2.21.